The van der Waals surface area contributed by atoms with Gasteiger partial charge in [0.1, 0.15) is 0 Å². The van der Waals surface area contributed by atoms with E-state index in [2.05, 4.69) is 22.1 Å². The number of pyridine rings is 1. The molecule has 0 unspecified atom stereocenters. The fraction of sp³-hybridized carbons (Fsp3) is 0.125. The number of nitrogens with two attached hydrogens (primary N) is 1. The molecule has 0 radical (unpaired) electrons. The second-order valence-corrected chi connectivity index (χ2v) is 5.52. The Morgan fingerprint density at radius 3 is 2.68 bits per heavy atom. The topological polar surface area (TPSA) is 70.3 Å². The molecule has 0 fully saturated rings. The van der Waals surface area contributed by atoms with E-state index < -0.39 is 0 Å². The molecule has 22 heavy (non-hydrogen) atoms. The lowest BCUT2D eigenvalue weighted by Crippen LogP contribution is -1.93. The zero-order valence-corrected chi connectivity index (χ0v) is 12.6. The van der Waals surface area contributed by atoms with E-state index in [-0.39, 0.29) is 0 Å². The third-order valence-corrected chi connectivity index (χ3v) is 3.62. The van der Waals surface area contributed by atoms with Gasteiger partial charge in [-0.2, -0.15) is 0 Å². The van der Waals surface area contributed by atoms with Crippen molar-refractivity contribution >= 4 is 16.5 Å². The molecule has 1 aromatic carbocycles. The van der Waals surface area contributed by atoms with Gasteiger partial charge in [0.2, 0.25) is 6.79 Å². The number of thiazole rings is 1. The summed E-state index contributed by atoms with van der Waals surface area (Å²) in [5.74, 6) is 1.66. The van der Waals surface area contributed by atoms with Gasteiger partial charge >= 0.3 is 0 Å². The third kappa shape index (κ3) is 3.73. The van der Waals surface area contributed by atoms with E-state index in [1.807, 2.05) is 29.8 Å². The summed E-state index contributed by atoms with van der Waals surface area (Å²) < 4.78 is 10.6. The Morgan fingerprint density at radius 2 is 2.00 bits per heavy atom. The SMILES string of the molecule is Nc1nccs1.c1cncc(Cc2ccc3c(c2)OCO3)c1. The van der Waals surface area contributed by atoms with Gasteiger partial charge in [-0.05, 0) is 35.7 Å². The van der Waals surface area contributed by atoms with Gasteiger partial charge in [0, 0.05) is 24.0 Å². The van der Waals surface area contributed by atoms with Gasteiger partial charge in [-0.25, -0.2) is 4.98 Å². The third-order valence-electron chi connectivity index (χ3n) is 3.02. The van der Waals surface area contributed by atoms with E-state index in [4.69, 9.17) is 15.2 Å². The summed E-state index contributed by atoms with van der Waals surface area (Å²) in [5, 5.41) is 2.48. The van der Waals surface area contributed by atoms with Crippen LogP contribution in [0.1, 0.15) is 11.1 Å². The Hall–Kier alpha value is -2.60. The minimum atomic E-state index is 0.325. The van der Waals surface area contributed by atoms with Crippen molar-refractivity contribution in [2.45, 2.75) is 6.42 Å². The molecule has 112 valence electrons. The van der Waals surface area contributed by atoms with E-state index >= 15 is 0 Å². The van der Waals surface area contributed by atoms with Gasteiger partial charge in [-0.15, -0.1) is 11.3 Å². The molecule has 0 spiro atoms. The molecule has 4 rings (SSSR count). The molecular weight excluding hydrogens is 298 g/mol. The van der Waals surface area contributed by atoms with Crippen LogP contribution in [0.15, 0.2) is 54.3 Å². The number of aromatic nitrogens is 2. The molecule has 0 saturated carbocycles. The molecular formula is C16H15N3O2S. The maximum atomic E-state index is 5.34. The maximum absolute atomic E-state index is 5.34. The minimum absolute atomic E-state index is 0.325. The number of benzene rings is 1. The van der Waals surface area contributed by atoms with Crippen LogP contribution in [-0.4, -0.2) is 16.8 Å². The van der Waals surface area contributed by atoms with Crippen molar-refractivity contribution in [1.82, 2.24) is 9.97 Å². The van der Waals surface area contributed by atoms with Gasteiger partial charge < -0.3 is 15.2 Å². The van der Waals surface area contributed by atoms with Crippen molar-refractivity contribution in [3.05, 3.63) is 65.4 Å². The molecule has 1 aliphatic rings. The van der Waals surface area contributed by atoms with Crippen molar-refractivity contribution in [2.75, 3.05) is 12.5 Å². The highest BCUT2D eigenvalue weighted by Gasteiger charge is 2.12. The molecule has 0 saturated heterocycles. The Balaban J connectivity index is 0.000000202. The zero-order valence-electron chi connectivity index (χ0n) is 11.8. The predicted molar refractivity (Wildman–Crippen MR) is 86.1 cm³/mol. The highest BCUT2D eigenvalue weighted by Crippen LogP contribution is 2.32. The van der Waals surface area contributed by atoms with Crippen LogP contribution in [0.2, 0.25) is 0 Å². The number of anilines is 1. The fourth-order valence-electron chi connectivity index (χ4n) is 2.02. The predicted octanol–water partition coefficient (Wildman–Crippen LogP) is 3.13. The molecule has 6 heteroatoms. The minimum Gasteiger partial charge on any atom is -0.454 e. The number of hydrogen-bond donors (Lipinski definition) is 1. The van der Waals surface area contributed by atoms with Gasteiger partial charge in [0.25, 0.3) is 0 Å². The van der Waals surface area contributed by atoms with Gasteiger partial charge in [-0.1, -0.05) is 12.1 Å². The number of hydrogen-bond acceptors (Lipinski definition) is 6. The lowest BCUT2D eigenvalue weighted by molar-refractivity contribution is 0.174. The van der Waals surface area contributed by atoms with Crippen molar-refractivity contribution in [2.24, 2.45) is 0 Å². The van der Waals surface area contributed by atoms with Crippen LogP contribution in [0, 0.1) is 0 Å². The maximum Gasteiger partial charge on any atom is 0.231 e. The van der Waals surface area contributed by atoms with E-state index in [0.29, 0.717) is 11.9 Å². The Morgan fingerprint density at radius 1 is 1.09 bits per heavy atom. The summed E-state index contributed by atoms with van der Waals surface area (Å²) in [5.41, 5.74) is 7.59. The Kier molecular flexibility index (Phi) is 4.50. The first-order valence-corrected chi connectivity index (χ1v) is 7.61. The number of rotatable bonds is 2. The van der Waals surface area contributed by atoms with Crippen LogP contribution in [0.5, 0.6) is 11.5 Å². The normalized spacial score (nSPS) is 11.6. The van der Waals surface area contributed by atoms with Crippen LogP contribution in [0.3, 0.4) is 0 Å². The number of nitrogens with zero attached hydrogens (tertiary/aromatic N) is 2. The summed E-state index contributed by atoms with van der Waals surface area (Å²) in [4.78, 5) is 7.81. The summed E-state index contributed by atoms with van der Waals surface area (Å²) in [6.45, 7) is 0.325. The molecule has 2 N–H and O–H groups in total. The summed E-state index contributed by atoms with van der Waals surface area (Å²) in [6.07, 6.45) is 6.21. The van der Waals surface area contributed by atoms with E-state index in [1.54, 1.807) is 12.4 Å². The molecule has 0 atom stereocenters. The molecule has 0 bridgehead atoms. The van der Waals surface area contributed by atoms with Crippen molar-refractivity contribution in [1.29, 1.82) is 0 Å². The lowest BCUT2D eigenvalue weighted by atomic mass is 10.1. The van der Waals surface area contributed by atoms with Crippen LogP contribution >= 0.6 is 11.3 Å². The van der Waals surface area contributed by atoms with Crippen molar-refractivity contribution in [3.63, 3.8) is 0 Å². The molecule has 1 aliphatic heterocycles. The van der Waals surface area contributed by atoms with Gasteiger partial charge in [-0.3, -0.25) is 4.98 Å². The van der Waals surface area contributed by atoms with Crippen LogP contribution in [0.25, 0.3) is 0 Å². The quantitative estimate of drug-likeness (QED) is 0.787. The lowest BCUT2D eigenvalue weighted by Gasteiger charge is -2.02. The van der Waals surface area contributed by atoms with Crippen LogP contribution < -0.4 is 15.2 Å². The van der Waals surface area contributed by atoms with Crippen molar-refractivity contribution < 1.29 is 9.47 Å². The second kappa shape index (κ2) is 6.91. The van der Waals surface area contributed by atoms with Crippen molar-refractivity contribution in [3.8, 4) is 11.5 Å². The average molecular weight is 313 g/mol. The molecule has 0 amide bonds. The average Bonchev–Trinajstić information content (AvgIpc) is 3.19. The monoisotopic (exact) mass is 313 g/mol. The summed E-state index contributed by atoms with van der Waals surface area (Å²) in [6, 6.07) is 10.0. The second-order valence-electron chi connectivity index (χ2n) is 4.60. The van der Waals surface area contributed by atoms with E-state index in [0.717, 1.165) is 17.9 Å². The molecule has 5 nitrogen and oxygen atoms in total. The highest BCUT2D eigenvalue weighted by atomic mass is 32.1. The summed E-state index contributed by atoms with van der Waals surface area (Å²) >= 11 is 1.44. The molecule has 3 aromatic rings. The number of ether oxygens (including phenoxy) is 2. The smallest absolute Gasteiger partial charge is 0.231 e. The molecule has 0 aliphatic carbocycles. The highest BCUT2D eigenvalue weighted by molar-refractivity contribution is 7.13. The summed E-state index contributed by atoms with van der Waals surface area (Å²) in [7, 11) is 0. The standard InChI is InChI=1S/C13H11NO2.C3H4N2S/c1-2-11(8-14-5-1)6-10-3-4-12-13(7-10)16-9-15-12;4-3-5-1-2-6-3/h1-5,7-8H,6,9H2;1-2H,(H2,4,5). The first-order valence-electron chi connectivity index (χ1n) is 6.73. The van der Waals surface area contributed by atoms with Crippen LogP contribution in [0.4, 0.5) is 5.13 Å². The van der Waals surface area contributed by atoms with Crippen LogP contribution in [-0.2, 0) is 6.42 Å². The number of fused-ring (bicyclic) bond motifs is 1. The van der Waals surface area contributed by atoms with E-state index in [1.165, 1.54) is 22.5 Å². The Bertz CT molecular complexity index is 718. The first kappa shape index (κ1) is 14.3. The van der Waals surface area contributed by atoms with Gasteiger partial charge in [0.15, 0.2) is 16.6 Å². The zero-order chi connectivity index (χ0) is 15.2. The number of nitrogen functional groups attached to an aromatic ring is 1. The largest absolute Gasteiger partial charge is 0.454 e. The Labute approximate surface area is 132 Å². The van der Waals surface area contributed by atoms with E-state index in [9.17, 15) is 0 Å². The fourth-order valence-corrected chi connectivity index (χ4v) is 2.41. The van der Waals surface area contributed by atoms with Gasteiger partial charge in [0.05, 0.1) is 0 Å². The molecule has 3 heterocycles. The molecule has 2 aromatic heterocycles. The first-order chi connectivity index (χ1) is 10.8.